The van der Waals surface area contributed by atoms with Crippen LogP contribution in [0.1, 0.15) is 16.8 Å². The van der Waals surface area contributed by atoms with Crippen LogP contribution in [0.25, 0.3) is 0 Å². The van der Waals surface area contributed by atoms with E-state index in [0.717, 1.165) is 6.42 Å². The Morgan fingerprint density at radius 1 is 1.14 bits per heavy atom. The van der Waals surface area contributed by atoms with E-state index in [-0.39, 0.29) is 10.8 Å². The number of nitrogens with one attached hydrogen (secondary N) is 1. The molecule has 2 aliphatic rings. The first-order valence-corrected chi connectivity index (χ1v) is 11.1. The van der Waals surface area contributed by atoms with Crippen molar-refractivity contribution in [3.8, 4) is 0 Å². The third-order valence-corrected chi connectivity index (χ3v) is 6.68. The molecule has 2 aliphatic heterocycles. The van der Waals surface area contributed by atoms with Gasteiger partial charge in [-0.25, -0.2) is 8.42 Å². The molecule has 0 aromatic heterocycles. The maximum absolute atomic E-state index is 13.0. The molecule has 0 saturated carbocycles. The van der Waals surface area contributed by atoms with E-state index in [9.17, 15) is 13.2 Å². The molecule has 1 spiro atoms. The van der Waals surface area contributed by atoms with Gasteiger partial charge in [0.2, 0.25) is 0 Å². The zero-order valence-corrected chi connectivity index (χ0v) is 17.2. The third kappa shape index (κ3) is 4.40. The largest absolute Gasteiger partial charge is 0.378 e. The van der Waals surface area contributed by atoms with Crippen LogP contribution in [-0.2, 0) is 19.5 Å². The van der Waals surface area contributed by atoms with Crippen molar-refractivity contribution >= 4 is 33.2 Å². The Kier molecular flexibility index (Phi) is 5.52. The summed E-state index contributed by atoms with van der Waals surface area (Å²) in [5.41, 5.74) is 0.214. The fraction of sp³-hybridized carbons (Fsp3) is 0.350. The molecule has 1 atom stereocenters. The smallest absolute Gasteiger partial charge is 0.261 e. The van der Waals surface area contributed by atoms with E-state index in [1.165, 1.54) is 18.2 Å². The topological polar surface area (TPSA) is 84.9 Å². The summed E-state index contributed by atoms with van der Waals surface area (Å²) < 4.78 is 39.3. The lowest BCUT2D eigenvalue weighted by Gasteiger charge is -2.39. The second kappa shape index (κ2) is 7.95. The number of carbonyl (C=O) groups excluding carboxylic acids is 1. The Hall–Kier alpha value is -2.13. The molecular formula is C20H21ClN2O5S. The fourth-order valence-corrected chi connectivity index (χ4v) is 4.88. The van der Waals surface area contributed by atoms with Crippen LogP contribution in [0, 0.1) is 0 Å². The lowest BCUT2D eigenvalue weighted by Crippen LogP contribution is -2.54. The summed E-state index contributed by atoms with van der Waals surface area (Å²) in [6.07, 6.45) is 0.745. The molecule has 1 N–H and O–H groups in total. The predicted octanol–water partition coefficient (Wildman–Crippen LogP) is 2.77. The molecule has 0 aliphatic carbocycles. The number of nitrogens with zero attached hydrogens (tertiary/aromatic N) is 1. The number of benzene rings is 2. The molecule has 0 radical (unpaired) electrons. The Bertz CT molecular complexity index is 1020. The van der Waals surface area contributed by atoms with E-state index in [2.05, 4.69) is 4.72 Å². The maximum Gasteiger partial charge on any atom is 0.261 e. The van der Waals surface area contributed by atoms with Crippen LogP contribution in [-0.4, -0.2) is 57.7 Å². The minimum Gasteiger partial charge on any atom is -0.378 e. The highest BCUT2D eigenvalue weighted by atomic mass is 35.5. The standard InChI is InChI=1S/C20H21ClN2O5S/c21-16-4-2-5-17(12-16)22-29(25,26)18-6-1-3-15(11-18)19(24)23-8-10-28-20(13-23)7-9-27-14-20/h1-6,11-12,22H,7-10,13-14H2/t20-/m0/s1. The average molecular weight is 437 g/mol. The lowest BCUT2D eigenvalue weighted by molar-refractivity contribution is -0.0995. The quantitative estimate of drug-likeness (QED) is 0.796. The van der Waals surface area contributed by atoms with E-state index in [1.54, 1.807) is 35.2 Å². The number of halogens is 1. The molecule has 0 unspecified atom stereocenters. The van der Waals surface area contributed by atoms with Crippen molar-refractivity contribution in [3.63, 3.8) is 0 Å². The summed E-state index contributed by atoms with van der Waals surface area (Å²) in [6, 6.07) is 12.5. The van der Waals surface area contributed by atoms with Gasteiger partial charge in [0.15, 0.2) is 0 Å². The van der Waals surface area contributed by atoms with Gasteiger partial charge < -0.3 is 14.4 Å². The van der Waals surface area contributed by atoms with Gasteiger partial charge in [0.05, 0.1) is 30.3 Å². The molecule has 2 saturated heterocycles. The van der Waals surface area contributed by atoms with Gasteiger partial charge in [-0.3, -0.25) is 9.52 Å². The van der Waals surface area contributed by atoms with E-state index >= 15 is 0 Å². The Morgan fingerprint density at radius 2 is 1.97 bits per heavy atom. The van der Waals surface area contributed by atoms with Crippen LogP contribution in [0.2, 0.25) is 5.02 Å². The van der Waals surface area contributed by atoms with E-state index in [1.807, 2.05) is 0 Å². The van der Waals surface area contributed by atoms with Crippen LogP contribution in [0.4, 0.5) is 5.69 Å². The lowest BCUT2D eigenvalue weighted by atomic mass is 10.00. The van der Waals surface area contributed by atoms with Crippen molar-refractivity contribution in [2.24, 2.45) is 0 Å². The first-order valence-electron chi connectivity index (χ1n) is 9.26. The van der Waals surface area contributed by atoms with Gasteiger partial charge in [0.25, 0.3) is 15.9 Å². The van der Waals surface area contributed by atoms with Crippen molar-refractivity contribution in [2.75, 3.05) is 37.6 Å². The number of amides is 1. The van der Waals surface area contributed by atoms with Gasteiger partial charge in [0.1, 0.15) is 5.60 Å². The number of morpholine rings is 1. The molecule has 2 fully saturated rings. The molecule has 4 rings (SSSR count). The van der Waals surface area contributed by atoms with Crippen LogP contribution in [0.5, 0.6) is 0 Å². The normalized spacial score (nSPS) is 22.0. The first-order chi connectivity index (χ1) is 13.9. The van der Waals surface area contributed by atoms with E-state index < -0.39 is 15.6 Å². The fourth-order valence-electron chi connectivity index (χ4n) is 3.59. The SMILES string of the molecule is O=C(c1cccc(S(=O)(=O)Nc2cccc(Cl)c2)c1)N1CCO[C@@]2(CCOC2)C1. The number of hydrogen-bond acceptors (Lipinski definition) is 5. The van der Waals surface area contributed by atoms with Crippen molar-refractivity contribution in [3.05, 3.63) is 59.1 Å². The number of carbonyl (C=O) groups is 1. The molecule has 1 amide bonds. The van der Waals surface area contributed by atoms with Gasteiger partial charge in [-0.15, -0.1) is 0 Å². The van der Waals surface area contributed by atoms with Crippen LogP contribution in [0.15, 0.2) is 53.4 Å². The monoisotopic (exact) mass is 436 g/mol. The number of sulfonamides is 1. The highest BCUT2D eigenvalue weighted by molar-refractivity contribution is 7.92. The summed E-state index contributed by atoms with van der Waals surface area (Å²) in [4.78, 5) is 14.7. The van der Waals surface area contributed by atoms with Crippen molar-refractivity contribution in [1.82, 2.24) is 4.90 Å². The summed E-state index contributed by atoms with van der Waals surface area (Å²) in [5, 5.41) is 0.422. The van der Waals surface area contributed by atoms with Crippen molar-refractivity contribution in [2.45, 2.75) is 16.9 Å². The minimum atomic E-state index is -3.86. The maximum atomic E-state index is 13.0. The average Bonchev–Trinajstić information content (AvgIpc) is 3.14. The zero-order chi connectivity index (χ0) is 20.5. The van der Waals surface area contributed by atoms with Crippen molar-refractivity contribution < 1.29 is 22.7 Å². The summed E-state index contributed by atoms with van der Waals surface area (Å²) in [7, 11) is -3.86. The van der Waals surface area contributed by atoms with Crippen molar-refractivity contribution in [1.29, 1.82) is 0 Å². The van der Waals surface area contributed by atoms with Gasteiger partial charge in [-0.2, -0.15) is 0 Å². The van der Waals surface area contributed by atoms with E-state index in [0.29, 0.717) is 49.2 Å². The number of hydrogen-bond donors (Lipinski definition) is 1. The Balaban J connectivity index is 1.54. The predicted molar refractivity (Wildman–Crippen MR) is 109 cm³/mol. The minimum absolute atomic E-state index is 0.00972. The first kappa shape index (κ1) is 20.2. The molecule has 2 aromatic rings. The van der Waals surface area contributed by atoms with Gasteiger partial charge in [0, 0.05) is 30.2 Å². The molecule has 7 nitrogen and oxygen atoms in total. The Labute approximate surface area is 174 Å². The summed E-state index contributed by atoms with van der Waals surface area (Å²) in [6.45, 7) is 2.41. The third-order valence-electron chi connectivity index (χ3n) is 5.07. The van der Waals surface area contributed by atoms with Gasteiger partial charge in [-0.1, -0.05) is 23.7 Å². The summed E-state index contributed by atoms with van der Waals surface area (Å²) >= 11 is 5.92. The molecule has 2 heterocycles. The second-order valence-corrected chi connectivity index (χ2v) is 9.32. The number of anilines is 1. The molecular weight excluding hydrogens is 416 g/mol. The van der Waals surface area contributed by atoms with Gasteiger partial charge >= 0.3 is 0 Å². The van der Waals surface area contributed by atoms with Gasteiger partial charge in [-0.05, 0) is 36.4 Å². The number of rotatable bonds is 4. The van der Waals surface area contributed by atoms with E-state index in [4.69, 9.17) is 21.1 Å². The molecule has 2 aromatic carbocycles. The Morgan fingerprint density at radius 3 is 2.72 bits per heavy atom. The molecule has 154 valence electrons. The van der Waals surface area contributed by atoms with Crippen LogP contribution in [0.3, 0.4) is 0 Å². The molecule has 0 bridgehead atoms. The van der Waals surface area contributed by atoms with Crippen LogP contribution >= 0.6 is 11.6 Å². The highest BCUT2D eigenvalue weighted by Crippen LogP contribution is 2.28. The molecule has 9 heteroatoms. The molecule has 29 heavy (non-hydrogen) atoms. The van der Waals surface area contributed by atoms with Crippen LogP contribution < -0.4 is 4.72 Å². The zero-order valence-electron chi connectivity index (χ0n) is 15.6. The second-order valence-electron chi connectivity index (χ2n) is 7.20. The summed E-state index contributed by atoms with van der Waals surface area (Å²) in [5.74, 6) is -0.223. The highest BCUT2D eigenvalue weighted by Gasteiger charge is 2.41. The number of ether oxygens (including phenoxy) is 2.